The Hall–Kier alpha value is -3.06. The van der Waals surface area contributed by atoms with E-state index in [0.29, 0.717) is 17.3 Å². The maximum absolute atomic E-state index is 8.58. The van der Waals surface area contributed by atoms with E-state index >= 15 is 0 Å². The van der Waals surface area contributed by atoms with E-state index in [1.54, 1.807) is 24.3 Å². The third-order valence-electron chi connectivity index (χ3n) is 5.65. The summed E-state index contributed by atoms with van der Waals surface area (Å²) < 4.78 is 0.990. The Morgan fingerprint density at radius 1 is 0.611 bits per heavy atom. The molecule has 0 heterocycles. The Kier molecular flexibility index (Phi) is 11.7. The summed E-state index contributed by atoms with van der Waals surface area (Å²) in [6.45, 7) is 8.61. The zero-order valence-electron chi connectivity index (χ0n) is 21.4. The van der Waals surface area contributed by atoms with Gasteiger partial charge in [-0.05, 0) is 56.0 Å². The minimum Gasteiger partial charge on any atom is -0.423 e. The fraction of sp³-hybridized carbons (Fsp3) is 0.200. The molecule has 0 atom stereocenters. The topological polar surface area (TPSA) is 92.5 Å². The number of benzene rings is 4. The van der Waals surface area contributed by atoms with Gasteiger partial charge in [-0.15, -0.1) is 0 Å². The Bertz CT molecular complexity index is 1200. The summed E-state index contributed by atoms with van der Waals surface area (Å²) in [4.78, 5) is 0. The Labute approximate surface area is 224 Å². The van der Waals surface area contributed by atoms with Crippen LogP contribution in [0.25, 0.3) is 11.1 Å². The summed E-state index contributed by atoms with van der Waals surface area (Å²) in [6.07, 6.45) is 0. The van der Waals surface area contributed by atoms with Crippen LogP contribution in [0.1, 0.15) is 50.7 Å². The molecule has 4 rings (SSSR count). The molecule has 6 heteroatoms. The molecule has 0 radical (unpaired) electrons. The molecule has 4 aromatic rings. The second-order valence-corrected chi connectivity index (χ2v) is 9.87. The molecule has 0 aliphatic heterocycles. The van der Waals surface area contributed by atoms with E-state index in [0.717, 1.165) is 21.4 Å². The lowest BCUT2D eigenvalue weighted by Crippen LogP contribution is -2.29. The smallest absolute Gasteiger partial charge is 0.423 e. The van der Waals surface area contributed by atoms with Crippen molar-refractivity contribution in [1.82, 2.24) is 0 Å². The highest BCUT2D eigenvalue weighted by molar-refractivity contribution is 9.10. The number of rotatable bonds is 4. The van der Waals surface area contributed by atoms with Crippen LogP contribution in [0.5, 0.6) is 0 Å². The van der Waals surface area contributed by atoms with Crippen molar-refractivity contribution < 1.29 is 10.0 Å². The molecule has 0 amide bonds. The van der Waals surface area contributed by atoms with Gasteiger partial charge in [0.05, 0.1) is 0 Å². The molecular weight excluding hydrogens is 511 g/mol. The molecule has 0 aliphatic carbocycles. The molecular formula is C30H36BBrN2O2. The van der Waals surface area contributed by atoms with Gasteiger partial charge in [0, 0.05) is 21.4 Å². The Balaban J connectivity index is 0.000000200. The van der Waals surface area contributed by atoms with E-state index in [1.807, 2.05) is 36.4 Å². The maximum Gasteiger partial charge on any atom is 0.488 e. The maximum atomic E-state index is 8.58. The summed E-state index contributed by atoms with van der Waals surface area (Å²) in [5.74, 6) is 0.955. The van der Waals surface area contributed by atoms with Crippen molar-refractivity contribution in [2.75, 3.05) is 11.5 Å². The highest BCUT2D eigenvalue weighted by Gasteiger charge is 2.09. The zero-order chi connectivity index (χ0) is 26.7. The largest absolute Gasteiger partial charge is 0.488 e. The van der Waals surface area contributed by atoms with Gasteiger partial charge in [0.2, 0.25) is 0 Å². The number of halogens is 1. The predicted octanol–water partition coefficient (Wildman–Crippen LogP) is 6.58. The van der Waals surface area contributed by atoms with Gasteiger partial charge in [0.25, 0.3) is 0 Å². The Morgan fingerprint density at radius 2 is 1.08 bits per heavy atom. The number of anilines is 2. The normalized spacial score (nSPS) is 10.2. The SMILES string of the molecule is CC(C)c1cccc(-c2ccccc2)c1N.CC(C)c1cccc(Br)c1N.OB(O)c1ccccc1. The first-order valence-electron chi connectivity index (χ1n) is 12.0. The lowest BCUT2D eigenvalue weighted by Gasteiger charge is -2.13. The molecule has 0 saturated heterocycles. The highest BCUT2D eigenvalue weighted by Crippen LogP contribution is 2.32. The van der Waals surface area contributed by atoms with E-state index in [1.165, 1.54) is 16.7 Å². The first-order chi connectivity index (χ1) is 17.1. The second kappa shape index (κ2) is 14.5. The van der Waals surface area contributed by atoms with Gasteiger partial charge in [-0.25, -0.2) is 0 Å². The quantitative estimate of drug-likeness (QED) is 0.172. The summed E-state index contributed by atoms with van der Waals surface area (Å²) in [5, 5.41) is 17.2. The number of para-hydroxylation sites is 2. The van der Waals surface area contributed by atoms with Crippen LogP contribution in [0, 0.1) is 0 Å². The monoisotopic (exact) mass is 546 g/mol. The molecule has 4 nitrogen and oxygen atoms in total. The van der Waals surface area contributed by atoms with E-state index in [4.69, 9.17) is 21.5 Å². The van der Waals surface area contributed by atoms with Crippen molar-refractivity contribution >= 4 is 39.9 Å². The van der Waals surface area contributed by atoms with E-state index in [-0.39, 0.29) is 0 Å². The van der Waals surface area contributed by atoms with E-state index in [9.17, 15) is 0 Å². The molecule has 0 spiro atoms. The number of hydrogen-bond donors (Lipinski definition) is 4. The molecule has 188 valence electrons. The first-order valence-corrected chi connectivity index (χ1v) is 12.8. The van der Waals surface area contributed by atoms with Crippen molar-refractivity contribution in [3.63, 3.8) is 0 Å². The molecule has 0 aliphatic rings. The van der Waals surface area contributed by atoms with Crippen molar-refractivity contribution in [1.29, 1.82) is 0 Å². The Morgan fingerprint density at radius 3 is 1.53 bits per heavy atom. The molecule has 36 heavy (non-hydrogen) atoms. The van der Waals surface area contributed by atoms with Crippen LogP contribution < -0.4 is 16.9 Å². The van der Waals surface area contributed by atoms with Crippen molar-refractivity contribution in [2.24, 2.45) is 0 Å². The summed E-state index contributed by atoms with van der Waals surface area (Å²) in [7, 11) is -1.34. The minimum absolute atomic E-state index is 0.462. The van der Waals surface area contributed by atoms with Gasteiger partial charge < -0.3 is 21.5 Å². The number of hydrogen-bond acceptors (Lipinski definition) is 4. The van der Waals surface area contributed by atoms with Crippen LogP contribution in [-0.4, -0.2) is 17.2 Å². The van der Waals surface area contributed by atoms with Gasteiger partial charge >= 0.3 is 7.12 Å². The lowest BCUT2D eigenvalue weighted by molar-refractivity contribution is 0.426. The summed E-state index contributed by atoms with van der Waals surface area (Å²) in [6, 6.07) is 31.2. The highest BCUT2D eigenvalue weighted by atomic mass is 79.9. The number of nitrogens with two attached hydrogens (primary N) is 2. The molecule has 0 bridgehead atoms. The third-order valence-corrected chi connectivity index (χ3v) is 6.34. The van der Waals surface area contributed by atoms with Crippen LogP contribution in [0.2, 0.25) is 0 Å². The number of nitrogen functional groups attached to an aromatic ring is 2. The lowest BCUT2D eigenvalue weighted by atomic mass is 9.81. The van der Waals surface area contributed by atoms with Crippen LogP contribution in [0.3, 0.4) is 0 Å². The third kappa shape index (κ3) is 8.56. The van der Waals surface area contributed by atoms with E-state index < -0.39 is 7.12 Å². The van der Waals surface area contributed by atoms with Crippen LogP contribution in [0.15, 0.2) is 102 Å². The van der Waals surface area contributed by atoms with Gasteiger partial charge in [-0.3, -0.25) is 0 Å². The molecule has 0 saturated carbocycles. The van der Waals surface area contributed by atoms with Gasteiger partial charge in [-0.1, -0.05) is 119 Å². The molecule has 0 fully saturated rings. The van der Waals surface area contributed by atoms with Gasteiger partial charge in [0.15, 0.2) is 0 Å². The zero-order valence-corrected chi connectivity index (χ0v) is 23.0. The molecule has 0 unspecified atom stereocenters. The average Bonchev–Trinajstić information content (AvgIpc) is 2.87. The van der Waals surface area contributed by atoms with Crippen molar-refractivity contribution in [3.05, 3.63) is 113 Å². The van der Waals surface area contributed by atoms with Gasteiger partial charge in [0.1, 0.15) is 0 Å². The molecule has 0 aromatic heterocycles. The standard InChI is InChI=1S/C15H17N.C9H12BrN.C6H7BO2/c1-11(2)13-9-6-10-14(15(13)16)12-7-4-3-5-8-12;1-6(2)7-4-3-5-8(10)9(7)11;8-7(9)6-4-2-1-3-5-6/h3-11H,16H2,1-2H3;3-6H,11H2,1-2H3;1-5,8-9H. The van der Waals surface area contributed by atoms with Crippen LogP contribution >= 0.6 is 15.9 Å². The fourth-order valence-electron chi connectivity index (χ4n) is 3.64. The van der Waals surface area contributed by atoms with Crippen molar-refractivity contribution in [3.8, 4) is 11.1 Å². The second-order valence-electron chi connectivity index (χ2n) is 9.01. The predicted molar refractivity (Wildman–Crippen MR) is 159 cm³/mol. The molecule has 6 N–H and O–H groups in total. The summed E-state index contributed by atoms with van der Waals surface area (Å²) >= 11 is 3.39. The van der Waals surface area contributed by atoms with Gasteiger partial charge in [-0.2, -0.15) is 0 Å². The first kappa shape index (κ1) is 29.2. The van der Waals surface area contributed by atoms with Crippen LogP contribution in [0.4, 0.5) is 11.4 Å². The average molecular weight is 547 g/mol. The van der Waals surface area contributed by atoms with Crippen molar-refractivity contribution in [2.45, 2.75) is 39.5 Å². The molecule has 4 aromatic carbocycles. The minimum atomic E-state index is -1.34. The van der Waals surface area contributed by atoms with Crippen LogP contribution in [-0.2, 0) is 0 Å². The fourth-order valence-corrected chi connectivity index (χ4v) is 4.02. The van der Waals surface area contributed by atoms with E-state index in [2.05, 4.69) is 80.0 Å². The summed E-state index contributed by atoms with van der Waals surface area (Å²) in [5.41, 5.74) is 19.1.